The van der Waals surface area contributed by atoms with Crippen LogP contribution in [0, 0.1) is 5.92 Å². The lowest BCUT2D eigenvalue weighted by Crippen LogP contribution is -2.35. The summed E-state index contributed by atoms with van der Waals surface area (Å²) < 4.78 is 16.5. The molecule has 1 aliphatic heterocycles. The first-order valence-electron chi connectivity index (χ1n) is 9.09. The lowest BCUT2D eigenvalue weighted by Gasteiger charge is -2.30. The Labute approximate surface area is 157 Å². The summed E-state index contributed by atoms with van der Waals surface area (Å²) in [7, 11) is 1.64. The number of benzene rings is 1. The van der Waals surface area contributed by atoms with Gasteiger partial charge >= 0.3 is 6.01 Å². The van der Waals surface area contributed by atoms with Crippen molar-refractivity contribution in [2.45, 2.75) is 12.8 Å². The number of hydrogen-bond donors (Lipinski definition) is 0. The first-order valence-corrected chi connectivity index (χ1v) is 9.09. The Bertz CT molecular complexity index is 860. The molecule has 0 saturated carbocycles. The van der Waals surface area contributed by atoms with Gasteiger partial charge in [0, 0.05) is 30.9 Å². The number of hydrogen-bond acceptors (Lipinski definition) is 7. The first-order chi connectivity index (χ1) is 13.3. The molecule has 0 spiro atoms. The van der Waals surface area contributed by atoms with Gasteiger partial charge in [-0.1, -0.05) is 23.4 Å². The van der Waals surface area contributed by atoms with Gasteiger partial charge in [-0.2, -0.15) is 4.98 Å². The van der Waals surface area contributed by atoms with Gasteiger partial charge in [-0.15, -0.1) is 0 Å². The topological polar surface area (TPSA) is 73.5 Å². The molecule has 4 rings (SSSR count). The number of rotatable bonds is 6. The van der Waals surface area contributed by atoms with Crippen LogP contribution in [-0.4, -0.2) is 41.9 Å². The minimum Gasteiger partial charge on any atom is -0.497 e. The Hall–Kier alpha value is -3.09. The van der Waals surface area contributed by atoms with E-state index >= 15 is 0 Å². The molecule has 1 fully saturated rings. The van der Waals surface area contributed by atoms with Crippen molar-refractivity contribution in [1.29, 1.82) is 0 Å². The normalized spacial score (nSPS) is 14.9. The highest BCUT2D eigenvalue weighted by atomic mass is 16.5. The van der Waals surface area contributed by atoms with Crippen LogP contribution in [0.25, 0.3) is 11.4 Å². The maximum Gasteiger partial charge on any atom is 0.324 e. The second kappa shape index (κ2) is 8.07. The smallest absolute Gasteiger partial charge is 0.324 e. The Morgan fingerprint density at radius 2 is 2.04 bits per heavy atom. The van der Waals surface area contributed by atoms with Crippen molar-refractivity contribution in [3.05, 3.63) is 48.7 Å². The van der Waals surface area contributed by atoms with Crippen LogP contribution in [0.5, 0.6) is 11.6 Å². The molecule has 0 aliphatic carbocycles. The maximum atomic E-state index is 5.78. The van der Waals surface area contributed by atoms with Crippen molar-refractivity contribution in [1.82, 2.24) is 15.1 Å². The van der Waals surface area contributed by atoms with E-state index < -0.39 is 0 Å². The fourth-order valence-corrected chi connectivity index (χ4v) is 3.15. The molecular weight excluding hydrogens is 344 g/mol. The Morgan fingerprint density at radius 3 is 2.81 bits per heavy atom. The average Bonchev–Trinajstić information content (AvgIpc) is 3.24. The van der Waals surface area contributed by atoms with Crippen LogP contribution < -0.4 is 14.4 Å². The third kappa shape index (κ3) is 4.19. The van der Waals surface area contributed by atoms with Crippen molar-refractivity contribution < 1.29 is 14.0 Å². The molecule has 3 aromatic rings. The summed E-state index contributed by atoms with van der Waals surface area (Å²) in [5.41, 5.74) is 0.878. The monoisotopic (exact) mass is 366 g/mol. The van der Waals surface area contributed by atoms with Crippen molar-refractivity contribution in [2.24, 2.45) is 5.92 Å². The zero-order chi connectivity index (χ0) is 18.5. The first kappa shape index (κ1) is 17.3. The Balaban J connectivity index is 1.33. The highest BCUT2D eigenvalue weighted by molar-refractivity contribution is 5.58. The molecule has 140 valence electrons. The fraction of sp³-hybridized carbons (Fsp3) is 0.350. The van der Waals surface area contributed by atoms with E-state index in [0.29, 0.717) is 30.2 Å². The zero-order valence-electron chi connectivity index (χ0n) is 15.2. The van der Waals surface area contributed by atoms with Crippen molar-refractivity contribution in [3.8, 4) is 23.0 Å². The number of piperidine rings is 1. The van der Waals surface area contributed by atoms with Crippen molar-refractivity contribution in [3.63, 3.8) is 0 Å². The van der Waals surface area contributed by atoms with E-state index in [0.717, 1.165) is 37.2 Å². The van der Waals surface area contributed by atoms with Gasteiger partial charge in [0.1, 0.15) is 5.75 Å². The number of pyridine rings is 1. The summed E-state index contributed by atoms with van der Waals surface area (Å²) in [4.78, 5) is 10.9. The summed E-state index contributed by atoms with van der Waals surface area (Å²) in [5.74, 6) is 2.53. The summed E-state index contributed by atoms with van der Waals surface area (Å²) in [5, 5.41) is 4.12. The average molecular weight is 366 g/mol. The van der Waals surface area contributed by atoms with E-state index in [1.165, 1.54) is 0 Å². The molecule has 0 atom stereocenters. The van der Waals surface area contributed by atoms with Crippen molar-refractivity contribution >= 4 is 6.01 Å². The fourth-order valence-electron chi connectivity index (χ4n) is 3.15. The molecule has 1 saturated heterocycles. The summed E-state index contributed by atoms with van der Waals surface area (Å²) >= 11 is 0. The molecule has 0 radical (unpaired) electrons. The molecule has 0 amide bonds. The molecule has 2 aromatic heterocycles. The summed E-state index contributed by atoms with van der Waals surface area (Å²) in [6.07, 6.45) is 3.78. The van der Waals surface area contributed by atoms with E-state index in [9.17, 15) is 0 Å². The third-order valence-corrected chi connectivity index (χ3v) is 4.73. The van der Waals surface area contributed by atoms with Crippen LogP contribution in [0.1, 0.15) is 12.8 Å². The summed E-state index contributed by atoms with van der Waals surface area (Å²) in [6, 6.07) is 13.9. The number of aromatic nitrogens is 3. The number of methoxy groups -OCH3 is 1. The van der Waals surface area contributed by atoms with Crippen LogP contribution in [0.4, 0.5) is 6.01 Å². The van der Waals surface area contributed by atoms with Gasteiger partial charge in [-0.25, -0.2) is 4.98 Å². The van der Waals surface area contributed by atoms with Crippen LogP contribution in [0.15, 0.2) is 53.2 Å². The van der Waals surface area contributed by atoms with E-state index in [2.05, 4.69) is 20.0 Å². The lowest BCUT2D eigenvalue weighted by atomic mass is 9.98. The number of anilines is 1. The van der Waals surface area contributed by atoms with Gasteiger partial charge in [0.25, 0.3) is 0 Å². The second-order valence-corrected chi connectivity index (χ2v) is 6.54. The highest BCUT2D eigenvalue weighted by Gasteiger charge is 2.24. The number of nitrogens with zero attached hydrogens (tertiary/aromatic N) is 4. The quantitative estimate of drug-likeness (QED) is 0.661. The third-order valence-electron chi connectivity index (χ3n) is 4.73. The molecule has 3 heterocycles. The SMILES string of the molecule is COc1cccc(-c2noc(N3CCC(COc4ccccn4)CC3)n2)c1. The predicted octanol–water partition coefficient (Wildman–Crippen LogP) is 3.44. The molecule has 7 heteroatoms. The molecule has 27 heavy (non-hydrogen) atoms. The molecular formula is C20H22N4O3. The number of ether oxygens (including phenoxy) is 2. The Morgan fingerprint density at radius 1 is 1.15 bits per heavy atom. The molecule has 1 aliphatic rings. The minimum absolute atomic E-state index is 0.504. The van der Waals surface area contributed by atoms with Crippen LogP contribution in [0.2, 0.25) is 0 Å². The minimum atomic E-state index is 0.504. The van der Waals surface area contributed by atoms with Gasteiger partial charge in [0.2, 0.25) is 11.7 Å². The predicted molar refractivity (Wildman–Crippen MR) is 101 cm³/mol. The molecule has 1 aromatic carbocycles. The summed E-state index contributed by atoms with van der Waals surface area (Å²) in [6.45, 7) is 2.43. The Kier molecular flexibility index (Phi) is 5.18. The van der Waals surface area contributed by atoms with Crippen LogP contribution in [0.3, 0.4) is 0 Å². The molecule has 0 bridgehead atoms. The van der Waals surface area contributed by atoms with E-state index in [-0.39, 0.29) is 0 Å². The van der Waals surface area contributed by atoms with E-state index in [1.807, 2.05) is 42.5 Å². The second-order valence-electron chi connectivity index (χ2n) is 6.54. The highest BCUT2D eigenvalue weighted by Crippen LogP contribution is 2.26. The molecule has 7 nitrogen and oxygen atoms in total. The zero-order valence-corrected chi connectivity index (χ0v) is 15.2. The van der Waals surface area contributed by atoms with Crippen LogP contribution in [-0.2, 0) is 0 Å². The van der Waals surface area contributed by atoms with Gasteiger partial charge < -0.3 is 18.9 Å². The maximum absolute atomic E-state index is 5.78. The van der Waals surface area contributed by atoms with Crippen LogP contribution >= 0.6 is 0 Å². The standard InChI is InChI=1S/C20H22N4O3/c1-25-17-6-4-5-16(13-17)19-22-20(27-23-19)24-11-8-15(9-12-24)14-26-18-7-2-3-10-21-18/h2-7,10,13,15H,8-9,11-12,14H2,1H3. The van der Waals surface area contributed by atoms with Crippen molar-refractivity contribution in [2.75, 3.05) is 31.7 Å². The lowest BCUT2D eigenvalue weighted by molar-refractivity contribution is 0.213. The largest absolute Gasteiger partial charge is 0.497 e. The molecule has 0 N–H and O–H groups in total. The van der Waals surface area contributed by atoms with E-state index in [1.54, 1.807) is 13.3 Å². The van der Waals surface area contributed by atoms with Gasteiger partial charge in [-0.3, -0.25) is 0 Å². The molecule has 0 unspecified atom stereocenters. The van der Waals surface area contributed by atoms with E-state index in [4.69, 9.17) is 14.0 Å². The van der Waals surface area contributed by atoms with Gasteiger partial charge in [0.15, 0.2) is 0 Å². The van der Waals surface area contributed by atoms with Gasteiger partial charge in [0.05, 0.1) is 13.7 Å². The van der Waals surface area contributed by atoms with Gasteiger partial charge in [-0.05, 0) is 37.0 Å².